The first-order chi connectivity index (χ1) is 9.84. The summed E-state index contributed by atoms with van der Waals surface area (Å²) >= 11 is 0. The van der Waals surface area contributed by atoms with E-state index in [1.165, 1.54) is 21.8 Å². The van der Waals surface area contributed by atoms with E-state index in [4.69, 9.17) is 9.47 Å². The average Bonchev–Trinajstić information content (AvgIpc) is 3.25. The Morgan fingerprint density at radius 1 is 1.10 bits per heavy atom. The summed E-state index contributed by atoms with van der Waals surface area (Å²) in [5, 5.41) is 2.56. The molecule has 0 bridgehead atoms. The van der Waals surface area contributed by atoms with Gasteiger partial charge in [-0.2, -0.15) is 0 Å². The van der Waals surface area contributed by atoms with Crippen LogP contribution in [0.3, 0.4) is 0 Å². The molecule has 0 saturated carbocycles. The molecule has 20 heavy (non-hydrogen) atoms. The Kier molecular flexibility index (Phi) is 2.76. The Bertz CT molecular complexity index is 705. The zero-order chi connectivity index (χ0) is 13.5. The van der Waals surface area contributed by atoms with Gasteiger partial charge >= 0.3 is 0 Å². The molecule has 1 saturated heterocycles. The molecule has 102 valence electrons. The van der Waals surface area contributed by atoms with Gasteiger partial charge in [0, 0.05) is 10.8 Å². The van der Waals surface area contributed by atoms with E-state index in [1.54, 1.807) is 0 Å². The smallest absolute Gasteiger partial charge is 0.131 e. The van der Waals surface area contributed by atoms with Crippen LogP contribution in [0.1, 0.15) is 13.2 Å². The van der Waals surface area contributed by atoms with Crippen LogP contribution in [-0.4, -0.2) is 23.9 Å². The fraction of sp³-hybridized carbons (Fsp3) is 0.294. The molecular weight excluding hydrogens is 250 g/mol. The van der Waals surface area contributed by atoms with Gasteiger partial charge in [-0.1, -0.05) is 36.4 Å². The van der Waals surface area contributed by atoms with E-state index < -0.39 is 0 Å². The van der Waals surface area contributed by atoms with Crippen molar-refractivity contribution in [2.45, 2.75) is 19.3 Å². The van der Waals surface area contributed by atoms with Gasteiger partial charge < -0.3 is 14.0 Å². The van der Waals surface area contributed by atoms with Gasteiger partial charge in [0.05, 0.1) is 24.2 Å². The quantitative estimate of drug-likeness (QED) is 0.673. The van der Waals surface area contributed by atoms with E-state index >= 15 is 0 Å². The molecular formula is C17H17NO2. The summed E-state index contributed by atoms with van der Waals surface area (Å²) in [6.07, 6.45) is 0.301. The van der Waals surface area contributed by atoms with Crippen molar-refractivity contribution in [1.82, 2.24) is 4.57 Å². The van der Waals surface area contributed by atoms with Crippen LogP contribution in [-0.2, 0) is 9.47 Å². The van der Waals surface area contributed by atoms with Gasteiger partial charge in [-0.05, 0) is 19.1 Å². The van der Waals surface area contributed by atoms with Crippen molar-refractivity contribution in [2.24, 2.45) is 0 Å². The van der Waals surface area contributed by atoms with Crippen LogP contribution in [0.5, 0.6) is 0 Å². The number of epoxide rings is 1. The van der Waals surface area contributed by atoms with Crippen molar-refractivity contribution in [3.63, 3.8) is 0 Å². The molecule has 2 unspecified atom stereocenters. The average molecular weight is 267 g/mol. The topological polar surface area (TPSA) is 26.7 Å². The van der Waals surface area contributed by atoms with Crippen molar-refractivity contribution >= 4 is 21.8 Å². The molecule has 2 aromatic carbocycles. The number of hydrogen-bond donors (Lipinski definition) is 0. The maximum absolute atomic E-state index is 5.96. The molecule has 3 heteroatoms. The van der Waals surface area contributed by atoms with Gasteiger partial charge in [0.25, 0.3) is 0 Å². The summed E-state index contributed by atoms with van der Waals surface area (Å²) < 4.78 is 13.5. The second kappa shape index (κ2) is 4.62. The van der Waals surface area contributed by atoms with Crippen LogP contribution in [0.2, 0.25) is 0 Å². The molecule has 2 atom stereocenters. The number of rotatable bonds is 4. The normalized spacial score (nSPS) is 19.6. The first kappa shape index (κ1) is 11.9. The Hall–Kier alpha value is -1.84. The summed E-state index contributed by atoms with van der Waals surface area (Å²) in [4.78, 5) is 0. The molecule has 4 rings (SSSR count). The van der Waals surface area contributed by atoms with E-state index in [2.05, 4.69) is 60.0 Å². The minimum absolute atomic E-state index is 0.00370. The number of aromatic nitrogens is 1. The lowest BCUT2D eigenvalue weighted by molar-refractivity contribution is 0.0133. The maximum atomic E-state index is 5.96. The van der Waals surface area contributed by atoms with Crippen LogP contribution < -0.4 is 0 Å². The molecule has 1 aliphatic heterocycles. The molecule has 0 amide bonds. The van der Waals surface area contributed by atoms with Gasteiger partial charge in [-0.25, -0.2) is 0 Å². The fourth-order valence-corrected chi connectivity index (χ4v) is 2.83. The lowest BCUT2D eigenvalue weighted by atomic mass is 10.2. The highest BCUT2D eigenvalue weighted by Crippen LogP contribution is 2.32. The molecule has 1 fully saturated rings. The highest BCUT2D eigenvalue weighted by Gasteiger charge is 2.24. The van der Waals surface area contributed by atoms with Crippen LogP contribution in [0, 0.1) is 0 Å². The molecule has 0 spiro atoms. The van der Waals surface area contributed by atoms with E-state index in [-0.39, 0.29) is 6.23 Å². The van der Waals surface area contributed by atoms with Crippen LogP contribution in [0.4, 0.5) is 0 Å². The van der Waals surface area contributed by atoms with Gasteiger partial charge in [0.15, 0.2) is 0 Å². The number of para-hydroxylation sites is 2. The number of benzene rings is 2. The first-order valence-corrected chi connectivity index (χ1v) is 7.05. The number of nitrogens with zero attached hydrogens (tertiary/aromatic N) is 1. The SMILES string of the molecule is CC(OCC1CO1)n1c2ccccc2c2ccccc21. The van der Waals surface area contributed by atoms with Gasteiger partial charge in [0.2, 0.25) is 0 Å². The number of hydrogen-bond acceptors (Lipinski definition) is 2. The molecule has 0 radical (unpaired) electrons. The lowest BCUT2D eigenvalue weighted by Crippen LogP contribution is -2.12. The van der Waals surface area contributed by atoms with E-state index in [1.807, 2.05) is 0 Å². The molecule has 1 aromatic heterocycles. The van der Waals surface area contributed by atoms with Crippen LogP contribution in [0.15, 0.2) is 48.5 Å². The predicted octanol–water partition coefficient (Wildman–Crippen LogP) is 3.73. The molecule has 3 aromatic rings. The summed E-state index contributed by atoms with van der Waals surface area (Å²) in [6.45, 7) is 3.60. The first-order valence-electron chi connectivity index (χ1n) is 7.05. The van der Waals surface area contributed by atoms with Crippen LogP contribution in [0.25, 0.3) is 21.8 Å². The molecule has 0 aliphatic carbocycles. The third-order valence-electron chi connectivity index (χ3n) is 3.91. The largest absolute Gasteiger partial charge is 0.371 e. The Morgan fingerprint density at radius 2 is 1.65 bits per heavy atom. The van der Waals surface area contributed by atoms with E-state index in [0.717, 1.165) is 6.61 Å². The maximum Gasteiger partial charge on any atom is 0.131 e. The van der Waals surface area contributed by atoms with Gasteiger partial charge in [-0.15, -0.1) is 0 Å². The highest BCUT2D eigenvalue weighted by atomic mass is 16.6. The molecule has 2 heterocycles. The van der Waals surface area contributed by atoms with Crippen molar-refractivity contribution in [3.8, 4) is 0 Å². The summed E-state index contributed by atoms with van der Waals surface area (Å²) in [6, 6.07) is 17.0. The van der Waals surface area contributed by atoms with Gasteiger partial charge in [-0.3, -0.25) is 0 Å². The summed E-state index contributed by atoms with van der Waals surface area (Å²) in [7, 11) is 0. The second-order valence-corrected chi connectivity index (χ2v) is 5.29. The van der Waals surface area contributed by atoms with E-state index in [9.17, 15) is 0 Å². The molecule has 0 N–H and O–H groups in total. The monoisotopic (exact) mass is 267 g/mol. The highest BCUT2D eigenvalue weighted by molar-refractivity contribution is 6.08. The zero-order valence-corrected chi connectivity index (χ0v) is 11.5. The van der Waals surface area contributed by atoms with Crippen molar-refractivity contribution in [1.29, 1.82) is 0 Å². The van der Waals surface area contributed by atoms with Crippen molar-refractivity contribution in [2.75, 3.05) is 13.2 Å². The zero-order valence-electron chi connectivity index (χ0n) is 11.5. The second-order valence-electron chi connectivity index (χ2n) is 5.29. The van der Waals surface area contributed by atoms with Crippen LogP contribution >= 0.6 is 0 Å². The number of ether oxygens (including phenoxy) is 2. The lowest BCUT2D eigenvalue weighted by Gasteiger charge is -2.17. The molecule has 3 nitrogen and oxygen atoms in total. The van der Waals surface area contributed by atoms with Gasteiger partial charge in [0.1, 0.15) is 12.3 Å². The minimum atomic E-state index is 0.00370. The van der Waals surface area contributed by atoms with E-state index in [0.29, 0.717) is 12.7 Å². The standard InChI is InChI=1S/C17H17NO2/c1-12(19-10-13-11-20-13)18-16-8-4-2-6-14(16)15-7-3-5-9-17(15)18/h2-9,12-13H,10-11H2,1H3. The Labute approximate surface area is 117 Å². The minimum Gasteiger partial charge on any atom is -0.371 e. The van der Waals surface area contributed by atoms with Crippen molar-refractivity contribution in [3.05, 3.63) is 48.5 Å². The Balaban J connectivity index is 1.85. The van der Waals surface area contributed by atoms with Crippen molar-refractivity contribution < 1.29 is 9.47 Å². The predicted molar refractivity (Wildman–Crippen MR) is 79.8 cm³/mol. The Morgan fingerprint density at radius 3 is 2.20 bits per heavy atom. The third kappa shape index (κ3) is 1.90. The summed E-state index contributed by atoms with van der Waals surface area (Å²) in [5.74, 6) is 0. The number of fused-ring (bicyclic) bond motifs is 3. The third-order valence-corrected chi connectivity index (χ3v) is 3.91. The summed E-state index contributed by atoms with van der Waals surface area (Å²) in [5.41, 5.74) is 2.44. The fourth-order valence-electron chi connectivity index (χ4n) is 2.83. The molecule has 1 aliphatic rings.